The van der Waals surface area contributed by atoms with Gasteiger partial charge in [-0.15, -0.1) is 11.3 Å². The first kappa shape index (κ1) is 14.6. The third-order valence-electron chi connectivity index (χ3n) is 4.20. The standard InChI is InChI=1S/C18H19N3OS/c1-12-11-22-13(2)10-21(12)18-14-6-3-4-7-15(14)19-17(20-18)16-8-5-9-23-16/h3-9,12-13H,10-11H2,1-2H3/t12-,13+/m0/s1. The summed E-state index contributed by atoms with van der Waals surface area (Å²) in [5, 5.41) is 3.17. The van der Waals surface area contributed by atoms with Crippen molar-refractivity contribution in [1.82, 2.24) is 9.97 Å². The van der Waals surface area contributed by atoms with Crippen molar-refractivity contribution in [2.45, 2.75) is 26.0 Å². The lowest BCUT2D eigenvalue weighted by Gasteiger charge is -2.38. The number of hydrogen-bond donors (Lipinski definition) is 0. The number of aromatic nitrogens is 2. The van der Waals surface area contributed by atoms with Crippen molar-refractivity contribution in [3.05, 3.63) is 41.8 Å². The molecule has 0 spiro atoms. The quantitative estimate of drug-likeness (QED) is 0.714. The third-order valence-corrected chi connectivity index (χ3v) is 5.07. The normalized spacial score (nSPS) is 21.7. The van der Waals surface area contributed by atoms with E-state index < -0.39 is 0 Å². The van der Waals surface area contributed by atoms with E-state index in [2.05, 4.69) is 48.4 Å². The van der Waals surface area contributed by atoms with Gasteiger partial charge in [-0.1, -0.05) is 18.2 Å². The van der Waals surface area contributed by atoms with Crippen LogP contribution in [0.3, 0.4) is 0 Å². The molecule has 0 N–H and O–H groups in total. The maximum absolute atomic E-state index is 5.77. The van der Waals surface area contributed by atoms with E-state index in [1.54, 1.807) is 11.3 Å². The van der Waals surface area contributed by atoms with Gasteiger partial charge in [0, 0.05) is 11.9 Å². The first-order valence-electron chi connectivity index (χ1n) is 7.91. The molecule has 4 nitrogen and oxygen atoms in total. The molecule has 1 aliphatic heterocycles. The molecule has 0 unspecified atom stereocenters. The lowest BCUT2D eigenvalue weighted by Crippen LogP contribution is -2.48. The van der Waals surface area contributed by atoms with E-state index in [1.807, 2.05) is 12.1 Å². The molecule has 2 atom stereocenters. The van der Waals surface area contributed by atoms with Crippen LogP contribution in [0, 0.1) is 0 Å². The second-order valence-electron chi connectivity index (χ2n) is 6.01. The van der Waals surface area contributed by atoms with Gasteiger partial charge in [0.1, 0.15) is 5.82 Å². The van der Waals surface area contributed by atoms with Crippen molar-refractivity contribution in [2.24, 2.45) is 0 Å². The Morgan fingerprint density at radius 3 is 2.83 bits per heavy atom. The maximum atomic E-state index is 5.77. The minimum atomic E-state index is 0.213. The van der Waals surface area contributed by atoms with Gasteiger partial charge in [0.05, 0.1) is 29.1 Å². The highest BCUT2D eigenvalue weighted by atomic mass is 32.1. The highest BCUT2D eigenvalue weighted by Gasteiger charge is 2.26. The summed E-state index contributed by atoms with van der Waals surface area (Å²) in [6, 6.07) is 12.7. The van der Waals surface area contributed by atoms with Crippen molar-refractivity contribution in [3.8, 4) is 10.7 Å². The summed E-state index contributed by atoms with van der Waals surface area (Å²) >= 11 is 1.67. The largest absolute Gasteiger partial charge is 0.375 e. The molecule has 118 valence electrons. The molecule has 3 heterocycles. The van der Waals surface area contributed by atoms with Crippen LogP contribution in [0.15, 0.2) is 41.8 Å². The second-order valence-corrected chi connectivity index (χ2v) is 6.96. The zero-order valence-corrected chi connectivity index (χ0v) is 14.1. The number of ether oxygens (including phenoxy) is 1. The molecular formula is C18H19N3OS. The Kier molecular flexibility index (Phi) is 3.75. The van der Waals surface area contributed by atoms with Gasteiger partial charge in [0.2, 0.25) is 0 Å². The van der Waals surface area contributed by atoms with E-state index in [-0.39, 0.29) is 6.10 Å². The minimum absolute atomic E-state index is 0.213. The molecule has 1 fully saturated rings. The summed E-state index contributed by atoms with van der Waals surface area (Å²) in [5.41, 5.74) is 0.993. The van der Waals surface area contributed by atoms with Gasteiger partial charge in [0.15, 0.2) is 5.82 Å². The summed E-state index contributed by atoms with van der Waals surface area (Å²) in [6.07, 6.45) is 0.213. The smallest absolute Gasteiger partial charge is 0.172 e. The van der Waals surface area contributed by atoms with Crippen molar-refractivity contribution in [3.63, 3.8) is 0 Å². The zero-order chi connectivity index (χ0) is 15.8. The van der Waals surface area contributed by atoms with Crippen LogP contribution in [0.5, 0.6) is 0 Å². The van der Waals surface area contributed by atoms with Crippen molar-refractivity contribution >= 4 is 28.1 Å². The fraction of sp³-hybridized carbons (Fsp3) is 0.333. The molecule has 4 rings (SSSR count). The van der Waals surface area contributed by atoms with Gasteiger partial charge in [-0.05, 0) is 37.4 Å². The molecular weight excluding hydrogens is 306 g/mol. The first-order valence-corrected chi connectivity index (χ1v) is 8.79. The lowest BCUT2D eigenvalue weighted by atomic mass is 10.1. The Balaban J connectivity index is 1.90. The van der Waals surface area contributed by atoms with Crippen LogP contribution in [-0.4, -0.2) is 35.3 Å². The molecule has 1 aromatic carbocycles. The van der Waals surface area contributed by atoms with Crippen LogP contribution in [0.4, 0.5) is 5.82 Å². The average molecular weight is 325 g/mol. The summed E-state index contributed by atoms with van der Waals surface area (Å²) in [5.74, 6) is 1.82. The van der Waals surface area contributed by atoms with Crippen LogP contribution < -0.4 is 4.90 Å². The Morgan fingerprint density at radius 1 is 1.13 bits per heavy atom. The number of anilines is 1. The van der Waals surface area contributed by atoms with Gasteiger partial charge >= 0.3 is 0 Å². The Bertz CT molecular complexity index is 818. The Labute approximate surface area is 139 Å². The SMILES string of the molecule is C[C@@H]1CN(c2nc(-c3cccs3)nc3ccccc23)[C@@H](C)CO1. The molecule has 5 heteroatoms. The van der Waals surface area contributed by atoms with Gasteiger partial charge in [-0.2, -0.15) is 0 Å². The number of benzene rings is 1. The van der Waals surface area contributed by atoms with E-state index >= 15 is 0 Å². The fourth-order valence-electron chi connectivity index (χ4n) is 2.99. The van der Waals surface area contributed by atoms with Gasteiger partial charge in [-0.25, -0.2) is 9.97 Å². The van der Waals surface area contributed by atoms with Crippen LogP contribution in [0.1, 0.15) is 13.8 Å². The molecule has 23 heavy (non-hydrogen) atoms. The van der Waals surface area contributed by atoms with E-state index in [1.165, 1.54) is 0 Å². The molecule has 3 aromatic rings. The molecule has 0 aliphatic carbocycles. The first-order chi connectivity index (χ1) is 11.2. The van der Waals surface area contributed by atoms with Gasteiger partial charge in [0.25, 0.3) is 0 Å². The van der Waals surface area contributed by atoms with Gasteiger partial charge in [-0.3, -0.25) is 0 Å². The van der Waals surface area contributed by atoms with Crippen LogP contribution in [0.2, 0.25) is 0 Å². The van der Waals surface area contributed by atoms with E-state index in [0.717, 1.165) is 40.6 Å². The number of rotatable bonds is 2. The molecule has 1 saturated heterocycles. The number of para-hydroxylation sites is 1. The summed E-state index contributed by atoms with van der Waals surface area (Å²) < 4.78 is 5.77. The van der Waals surface area contributed by atoms with Crippen molar-refractivity contribution in [1.29, 1.82) is 0 Å². The second kappa shape index (κ2) is 5.91. The predicted octanol–water partition coefficient (Wildman–Crippen LogP) is 3.97. The lowest BCUT2D eigenvalue weighted by molar-refractivity contribution is 0.0342. The summed E-state index contributed by atoms with van der Waals surface area (Å²) in [7, 11) is 0. The van der Waals surface area contributed by atoms with Crippen molar-refractivity contribution in [2.75, 3.05) is 18.1 Å². The Hall–Kier alpha value is -1.98. The van der Waals surface area contributed by atoms with E-state index in [9.17, 15) is 0 Å². The van der Waals surface area contributed by atoms with Crippen LogP contribution in [-0.2, 0) is 4.74 Å². The molecule has 0 radical (unpaired) electrons. The zero-order valence-electron chi connectivity index (χ0n) is 13.3. The number of morpholine rings is 1. The third kappa shape index (κ3) is 2.71. The fourth-order valence-corrected chi connectivity index (χ4v) is 3.65. The Morgan fingerprint density at radius 2 is 2.00 bits per heavy atom. The summed E-state index contributed by atoms with van der Waals surface area (Å²) in [4.78, 5) is 13.1. The molecule has 1 aliphatic rings. The van der Waals surface area contributed by atoms with Crippen LogP contribution in [0.25, 0.3) is 21.6 Å². The number of nitrogens with zero attached hydrogens (tertiary/aromatic N) is 3. The molecule has 0 amide bonds. The molecule has 0 bridgehead atoms. The highest BCUT2D eigenvalue weighted by molar-refractivity contribution is 7.13. The number of fused-ring (bicyclic) bond motifs is 1. The van der Waals surface area contributed by atoms with E-state index in [4.69, 9.17) is 14.7 Å². The topological polar surface area (TPSA) is 38.2 Å². The monoisotopic (exact) mass is 325 g/mol. The maximum Gasteiger partial charge on any atom is 0.172 e. The molecule has 2 aromatic heterocycles. The highest BCUT2D eigenvalue weighted by Crippen LogP contribution is 2.31. The number of hydrogen-bond acceptors (Lipinski definition) is 5. The minimum Gasteiger partial charge on any atom is -0.375 e. The molecule has 0 saturated carbocycles. The number of thiophene rings is 1. The van der Waals surface area contributed by atoms with Crippen LogP contribution >= 0.6 is 11.3 Å². The summed E-state index contributed by atoms with van der Waals surface area (Å²) in [6.45, 7) is 5.88. The van der Waals surface area contributed by atoms with E-state index in [0.29, 0.717) is 6.04 Å². The average Bonchev–Trinajstić information content (AvgIpc) is 3.11. The predicted molar refractivity (Wildman–Crippen MR) is 95.1 cm³/mol. The van der Waals surface area contributed by atoms with Gasteiger partial charge < -0.3 is 9.64 Å². The van der Waals surface area contributed by atoms with Crippen molar-refractivity contribution < 1.29 is 4.74 Å².